The van der Waals surface area contributed by atoms with Gasteiger partial charge >= 0.3 is 0 Å². The van der Waals surface area contributed by atoms with Crippen LogP contribution in [0.5, 0.6) is 0 Å². The van der Waals surface area contributed by atoms with Crippen molar-refractivity contribution >= 4 is 11.4 Å². The highest BCUT2D eigenvalue weighted by molar-refractivity contribution is 5.70. The second-order valence-corrected chi connectivity index (χ2v) is 7.66. The highest BCUT2D eigenvalue weighted by Crippen LogP contribution is 2.43. The molecule has 25 heavy (non-hydrogen) atoms. The number of fused-ring (bicyclic) bond motifs is 3. The van der Waals surface area contributed by atoms with E-state index in [1.54, 1.807) is 0 Å². The van der Waals surface area contributed by atoms with Crippen LogP contribution in [0.3, 0.4) is 0 Å². The van der Waals surface area contributed by atoms with E-state index in [1.807, 2.05) is 0 Å². The zero-order chi connectivity index (χ0) is 16.6. The third kappa shape index (κ3) is 2.81. The van der Waals surface area contributed by atoms with Gasteiger partial charge in [0, 0.05) is 35.6 Å². The molecule has 0 amide bonds. The molecule has 2 unspecified atom stereocenters. The second-order valence-electron chi connectivity index (χ2n) is 7.66. The smallest absolute Gasteiger partial charge is 0.0720 e. The Hall–Kier alpha value is -2.00. The average Bonchev–Trinajstić information content (AvgIpc) is 3.23. The Balaban J connectivity index is 1.30. The van der Waals surface area contributed by atoms with Crippen LogP contribution < -0.4 is 10.2 Å². The molecule has 2 bridgehead atoms. The summed E-state index contributed by atoms with van der Waals surface area (Å²) in [5, 5.41) is 3.53. The lowest BCUT2D eigenvalue weighted by Gasteiger charge is -2.41. The summed E-state index contributed by atoms with van der Waals surface area (Å²) in [5.74, 6) is 0. The third-order valence-corrected chi connectivity index (χ3v) is 6.14. The normalized spacial score (nSPS) is 27.2. The van der Waals surface area contributed by atoms with Crippen LogP contribution in [0.4, 0.5) is 11.4 Å². The molecule has 5 rings (SSSR count). The summed E-state index contributed by atoms with van der Waals surface area (Å²) in [6.45, 7) is 1.83. The van der Waals surface area contributed by atoms with Crippen molar-refractivity contribution in [1.29, 1.82) is 0 Å². The van der Waals surface area contributed by atoms with Gasteiger partial charge in [-0.25, -0.2) is 0 Å². The first kappa shape index (κ1) is 15.3. The maximum absolute atomic E-state index is 6.29. The largest absolute Gasteiger partial charge is 0.384 e. The third-order valence-electron chi connectivity index (χ3n) is 6.14. The lowest BCUT2D eigenvalue weighted by molar-refractivity contribution is 0.0151. The first-order chi connectivity index (χ1) is 12.4. The number of ether oxygens (including phenoxy) is 1. The van der Waals surface area contributed by atoms with Crippen LogP contribution in [0.25, 0.3) is 0 Å². The Bertz CT molecular complexity index is 731. The molecule has 2 saturated heterocycles. The summed E-state index contributed by atoms with van der Waals surface area (Å²) >= 11 is 0. The van der Waals surface area contributed by atoms with Crippen LogP contribution in [0.15, 0.2) is 48.5 Å². The molecule has 0 radical (unpaired) electrons. The number of hydrogen-bond donors (Lipinski definition) is 1. The zero-order valence-corrected chi connectivity index (χ0v) is 14.7. The molecule has 0 saturated carbocycles. The molecule has 3 heteroatoms. The highest BCUT2D eigenvalue weighted by atomic mass is 16.5. The highest BCUT2D eigenvalue weighted by Gasteiger charge is 2.42. The van der Waals surface area contributed by atoms with Gasteiger partial charge in [-0.1, -0.05) is 36.4 Å². The molecule has 1 N–H and O–H groups in total. The lowest BCUT2D eigenvalue weighted by Crippen LogP contribution is -2.45. The Labute approximate surface area is 150 Å². The van der Waals surface area contributed by atoms with Crippen LogP contribution in [-0.2, 0) is 17.8 Å². The molecule has 3 heterocycles. The molecular formula is C22H26N2O. The molecule has 2 aromatic carbocycles. The van der Waals surface area contributed by atoms with Crippen LogP contribution in [0, 0.1) is 0 Å². The van der Waals surface area contributed by atoms with Crippen molar-refractivity contribution in [3.05, 3.63) is 59.7 Å². The van der Waals surface area contributed by atoms with Gasteiger partial charge in [0.2, 0.25) is 0 Å². The SMILES string of the molecule is c1ccc(COC2CC3CCC(C2)N3c2cccc3c2CCN3)cc1. The molecule has 2 atom stereocenters. The first-order valence-corrected chi connectivity index (χ1v) is 9.68. The zero-order valence-electron chi connectivity index (χ0n) is 14.7. The van der Waals surface area contributed by atoms with Gasteiger partial charge in [0.1, 0.15) is 0 Å². The van der Waals surface area contributed by atoms with Gasteiger partial charge < -0.3 is 15.0 Å². The Morgan fingerprint density at radius 1 is 0.960 bits per heavy atom. The van der Waals surface area contributed by atoms with E-state index < -0.39 is 0 Å². The van der Waals surface area contributed by atoms with Crippen LogP contribution in [0.2, 0.25) is 0 Å². The van der Waals surface area contributed by atoms with Gasteiger partial charge in [-0.15, -0.1) is 0 Å². The van der Waals surface area contributed by atoms with E-state index in [1.165, 1.54) is 48.2 Å². The number of hydrogen-bond acceptors (Lipinski definition) is 3. The monoisotopic (exact) mass is 334 g/mol. The van der Waals surface area contributed by atoms with E-state index in [9.17, 15) is 0 Å². The van der Waals surface area contributed by atoms with E-state index >= 15 is 0 Å². The van der Waals surface area contributed by atoms with Crippen molar-refractivity contribution in [3.8, 4) is 0 Å². The quantitative estimate of drug-likeness (QED) is 0.898. The van der Waals surface area contributed by atoms with E-state index in [0.717, 1.165) is 19.6 Å². The van der Waals surface area contributed by atoms with Gasteiger partial charge in [-0.2, -0.15) is 0 Å². The van der Waals surface area contributed by atoms with Gasteiger partial charge in [0.15, 0.2) is 0 Å². The topological polar surface area (TPSA) is 24.5 Å². The molecule has 2 fully saturated rings. The molecule has 2 aromatic rings. The maximum Gasteiger partial charge on any atom is 0.0720 e. The van der Waals surface area contributed by atoms with Gasteiger partial charge in [-0.05, 0) is 49.8 Å². The predicted molar refractivity (Wildman–Crippen MR) is 102 cm³/mol. The molecule has 0 aromatic heterocycles. The fourth-order valence-corrected chi connectivity index (χ4v) is 5.01. The molecule has 3 aliphatic rings. The van der Waals surface area contributed by atoms with Crippen molar-refractivity contribution in [1.82, 2.24) is 0 Å². The minimum absolute atomic E-state index is 0.406. The summed E-state index contributed by atoms with van der Waals surface area (Å²) < 4.78 is 6.29. The lowest BCUT2D eigenvalue weighted by atomic mass is 9.97. The fourth-order valence-electron chi connectivity index (χ4n) is 5.01. The van der Waals surface area contributed by atoms with E-state index in [0.29, 0.717) is 18.2 Å². The van der Waals surface area contributed by atoms with Crippen molar-refractivity contribution < 1.29 is 4.74 Å². The Morgan fingerprint density at radius 2 is 1.76 bits per heavy atom. The Morgan fingerprint density at radius 3 is 2.56 bits per heavy atom. The van der Waals surface area contributed by atoms with E-state index in [4.69, 9.17) is 4.74 Å². The maximum atomic E-state index is 6.29. The number of benzene rings is 2. The van der Waals surface area contributed by atoms with Crippen molar-refractivity contribution in [2.75, 3.05) is 16.8 Å². The van der Waals surface area contributed by atoms with Crippen LogP contribution >= 0.6 is 0 Å². The van der Waals surface area contributed by atoms with Gasteiger partial charge in [0.05, 0.1) is 12.7 Å². The number of piperidine rings is 1. The number of anilines is 2. The summed E-state index contributed by atoms with van der Waals surface area (Å²) in [6.07, 6.45) is 6.53. The van der Waals surface area contributed by atoms with Crippen molar-refractivity contribution in [3.63, 3.8) is 0 Å². The molecular weight excluding hydrogens is 308 g/mol. The van der Waals surface area contributed by atoms with Gasteiger partial charge in [0.25, 0.3) is 0 Å². The van der Waals surface area contributed by atoms with Gasteiger partial charge in [-0.3, -0.25) is 0 Å². The summed E-state index contributed by atoms with van der Waals surface area (Å²) in [7, 11) is 0. The number of rotatable bonds is 4. The molecule has 0 aliphatic carbocycles. The molecule has 3 aliphatic heterocycles. The van der Waals surface area contributed by atoms with E-state index in [2.05, 4.69) is 58.7 Å². The van der Waals surface area contributed by atoms with Crippen LogP contribution in [-0.4, -0.2) is 24.7 Å². The number of nitrogens with zero attached hydrogens (tertiary/aromatic N) is 1. The molecule has 3 nitrogen and oxygen atoms in total. The minimum Gasteiger partial charge on any atom is -0.384 e. The summed E-state index contributed by atoms with van der Waals surface area (Å²) in [6, 6.07) is 18.6. The predicted octanol–water partition coefficient (Wildman–Crippen LogP) is 4.37. The minimum atomic E-state index is 0.406. The molecule has 0 spiro atoms. The summed E-state index contributed by atoms with van der Waals surface area (Å²) in [4.78, 5) is 2.73. The molecule has 130 valence electrons. The van der Waals surface area contributed by atoms with Crippen molar-refractivity contribution in [2.24, 2.45) is 0 Å². The average molecular weight is 334 g/mol. The first-order valence-electron chi connectivity index (χ1n) is 9.68. The number of nitrogens with one attached hydrogen (secondary N) is 1. The van der Waals surface area contributed by atoms with Crippen molar-refractivity contribution in [2.45, 2.75) is 56.9 Å². The Kier molecular flexibility index (Phi) is 3.90. The fraction of sp³-hybridized carbons (Fsp3) is 0.455. The summed E-state index contributed by atoms with van der Waals surface area (Å²) in [5.41, 5.74) is 5.64. The van der Waals surface area contributed by atoms with E-state index in [-0.39, 0.29) is 0 Å². The van der Waals surface area contributed by atoms with Crippen LogP contribution in [0.1, 0.15) is 36.8 Å². The standard InChI is InChI=1S/C22H26N2O/c1-2-5-16(6-3-1)15-25-19-13-17-9-10-18(14-19)24(17)22-8-4-7-21-20(22)11-12-23-21/h1-8,17-19,23H,9-15H2. The second kappa shape index (κ2) is 6.38.